The molecule has 0 radical (unpaired) electrons. The van der Waals surface area contributed by atoms with E-state index in [0.29, 0.717) is 0 Å². The van der Waals surface area contributed by atoms with Crippen LogP contribution in [0.25, 0.3) is 145 Å². The SMILES string of the molecule is CC1(C)c2ccccc2-c2ccc(-n3c4ccccc4c4cc(C5=CC[C@](C)(/C=C/c6ccc7c(c6)C6(c8ccccc8-c8ccccc86)c6cc(/C=C/c8ccc(-c9ccc%10c(c9)c9ccccc9n%10-c9ccc%10c(c9)C(C)(C)c9ccccc9-%10)c9ccccc89)ccc6-7)c6ccccc65)ccc43)cc21. The molecular formula is C104H74N2. The standard InChI is InChI=1S/C104H74N2/c1-101(2)88-31-15-8-25-76(88)80-50-45-69(62-93(80)101)105-97-36-20-13-29-84(97)86-60-67(43-52-99(86)105)72-49-42-66(71-22-6-7-23-74(71)72)41-38-64-39-47-82-83-48-40-65(59-96(83)104(95(82)58-64)91-34-18-11-27-78(91)79-28-12-19-35-92(79)104)54-56-103(5)57-55-73(75-24-10-17-33-90(75)103)68-44-53-100-87(61-68)85-30-14-21-37-98(85)106(100)70-46-51-81-77-26-9-16-32-89(77)102(3,4)94(81)63-70/h6-56,58-63H,57H2,1-5H3/b41-38+,56-54+/t103-/m0/s1. The van der Waals surface area contributed by atoms with E-state index in [1.165, 1.54) is 205 Å². The molecule has 0 saturated carbocycles. The third kappa shape index (κ3) is 8.44. The lowest BCUT2D eigenvalue weighted by molar-refractivity contribution is 0.600. The molecule has 5 aliphatic rings. The highest BCUT2D eigenvalue weighted by Gasteiger charge is 2.52. The number of aromatic nitrogens is 2. The van der Waals surface area contributed by atoms with Gasteiger partial charge < -0.3 is 9.13 Å². The number of nitrogens with zero attached hydrogens (tertiary/aromatic N) is 2. The first-order chi connectivity index (χ1) is 51.9. The lowest BCUT2D eigenvalue weighted by atomic mass is 9.69. The number of para-hydroxylation sites is 2. The zero-order valence-corrected chi connectivity index (χ0v) is 60.0. The van der Waals surface area contributed by atoms with E-state index in [1.54, 1.807) is 0 Å². The summed E-state index contributed by atoms with van der Waals surface area (Å²) in [6.07, 6.45) is 13.0. The number of hydrogen-bond acceptors (Lipinski definition) is 0. The second kappa shape index (κ2) is 22.2. The number of rotatable bonds is 8. The van der Waals surface area contributed by atoms with E-state index in [0.717, 1.165) is 6.42 Å². The molecule has 1 spiro atoms. The molecule has 2 heterocycles. The minimum Gasteiger partial charge on any atom is -0.309 e. The zero-order valence-electron chi connectivity index (χ0n) is 60.0. The number of hydrogen-bond donors (Lipinski definition) is 0. The van der Waals surface area contributed by atoms with Crippen LogP contribution in [0.3, 0.4) is 0 Å². The average molecular weight is 1350 g/mol. The van der Waals surface area contributed by atoms with Crippen LogP contribution in [-0.4, -0.2) is 9.13 Å². The number of benzene rings is 15. The molecule has 17 aromatic rings. The molecule has 0 amide bonds. The van der Waals surface area contributed by atoms with Crippen LogP contribution in [0.15, 0.2) is 328 Å². The second-order valence-corrected chi connectivity index (χ2v) is 31.6. The van der Waals surface area contributed by atoms with Crippen molar-refractivity contribution in [2.45, 2.75) is 62.7 Å². The fourth-order valence-corrected chi connectivity index (χ4v) is 20.2. The van der Waals surface area contributed by atoms with Crippen LogP contribution in [0.5, 0.6) is 0 Å². The minimum atomic E-state index is -0.519. The Kier molecular flexibility index (Phi) is 12.8. The fraction of sp³-hybridized carbons (Fsp3) is 0.0962. The Bertz CT molecular complexity index is 6780. The van der Waals surface area contributed by atoms with Crippen molar-refractivity contribution in [2.75, 3.05) is 0 Å². The minimum absolute atomic E-state index is 0.0898. The third-order valence-electron chi connectivity index (χ3n) is 25.4. The summed E-state index contributed by atoms with van der Waals surface area (Å²) in [6, 6.07) is 120. The largest absolute Gasteiger partial charge is 0.309 e. The highest BCUT2D eigenvalue weighted by molar-refractivity contribution is 6.13. The molecule has 0 bridgehead atoms. The molecular weight excluding hydrogens is 1280 g/mol. The normalized spacial score (nSPS) is 16.4. The predicted octanol–water partition coefficient (Wildman–Crippen LogP) is 26.6. The van der Waals surface area contributed by atoms with Gasteiger partial charge in [-0.05, 0) is 229 Å². The van der Waals surface area contributed by atoms with Crippen LogP contribution in [0.4, 0.5) is 0 Å². The van der Waals surface area contributed by atoms with Gasteiger partial charge >= 0.3 is 0 Å². The zero-order chi connectivity index (χ0) is 70.5. The van der Waals surface area contributed by atoms with Crippen molar-refractivity contribution >= 4 is 78.2 Å². The smallest absolute Gasteiger partial charge is 0.0725 e. The van der Waals surface area contributed by atoms with Crippen LogP contribution in [0.2, 0.25) is 0 Å². The van der Waals surface area contributed by atoms with Crippen molar-refractivity contribution in [3.63, 3.8) is 0 Å². The van der Waals surface area contributed by atoms with Gasteiger partial charge in [0.1, 0.15) is 0 Å². The van der Waals surface area contributed by atoms with Gasteiger partial charge in [0.25, 0.3) is 0 Å². The Morgan fingerprint density at radius 3 is 1.24 bits per heavy atom. The van der Waals surface area contributed by atoms with Gasteiger partial charge in [-0.3, -0.25) is 0 Å². The van der Waals surface area contributed by atoms with E-state index in [2.05, 4.69) is 390 Å². The maximum Gasteiger partial charge on any atom is 0.0725 e. The van der Waals surface area contributed by atoms with E-state index >= 15 is 0 Å². The molecule has 500 valence electrons. The summed E-state index contributed by atoms with van der Waals surface area (Å²) in [5.74, 6) is 0. The van der Waals surface area contributed by atoms with Gasteiger partial charge in [-0.25, -0.2) is 0 Å². The summed E-state index contributed by atoms with van der Waals surface area (Å²) in [5, 5.41) is 7.51. The molecule has 0 aliphatic heterocycles. The summed E-state index contributed by atoms with van der Waals surface area (Å²) >= 11 is 0. The first-order valence-corrected chi connectivity index (χ1v) is 37.7. The van der Waals surface area contributed by atoms with Gasteiger partial charge in [0.2, 0.25) is 0 Å². The van der Waals surface area contributed by atoms with Crippen molar-refractivity contribution in [3.05, 3.63) is 405 Å². The fourth-order valence-electron chi connectivity index (χ4n) is 20.2. The Morgan fingerprint density at radius 1 is 0.264 bits per heavy atom. The van der Waals surface area contributed by atoms with Crippen LogP contribution in [-0.2, 0) is 21.7 Å². The van der Waals surface area contributed by atoms with Gasteiger partial charge in [0.15, 0.2) is 0 Å². The lowest BCUT2D eigenvalue weighted by Gasteiger charge is -2.33. The van der Waals surface area contributed by atoms with Crippen molar-refractivity contribution in [1.29, 1.82) is 0 Å². The van der Waals surface area contributed by atoms with Crippen molar-refractivity contribution in [1.82, 2.24) is 9.13 Å². The predicted molar refractivity (Wildman–Crippen MR) is 446 cm³/mol. The Hall–Kier alpha value is -12.6. The molecule has 2 nitrogen and oxygen atoms in total. The van der Waals surface area contributed by atoms with Crippen LogP contribution < -0.4 is 0 Å². The van der Waals surface area contributed by atoms with Gasteiger partial charge in [0.05, 0.1) is 27.5 Å². The maximum atomic E-state index is 2.52. The van der Waals surface area contributed by atoms with Gasteiger partial charge in [0, 0.05) is 49.2 Å². The Morgan fingerprint density at radius 2 is 0.670 bits per heavy atom. The van der Waals surface area contributed by atoms with E-state index in [1.807, 2.05) is 0 Å². The summed E-state index contributed by atoms with van der Waals surface area (Å²) in [4.78, 5) is 0. The topological polar surface area (TPSA) is 9.86 Å². The number of allylic oxidation sites excluding steroid dienone is 2. The molecule has 5 aliphatic carbocycles. The second-order valence-electron chi connectivity index (χ2n) is 31.6. The monoisotopic (exact) mass is 1350 g/mol. The third-order valence-corrected chi connectivity index (χ3v) is 25.4. The summed E-state index contributed by atoms with van der Waals surface area (Å²) in [7, 11) is 0. The highest BCUT2D eigenvalue weighted by atomic mass is 15.0. The molecule has 22 rings (SSSR count). The van der Waals surface area contributed by atoms with Gasteiger partial charge in [-0.2, -0.15) is 0 Å². The molecule has 2 aromatic heterocycles. The summed E-state index contributed by atoms with van der Waals surface area (Å²) in [5.41, 5.74) is 38.9. The first kappa shape index (κ1) is 60.9. The molecule has 0 saturated heterocycles. The molecule has 106 heavy (non-hydrogen) atoms. The van der Waals surface area contributed by atoms with Crippen molar-refractivity contribution < 1.29 is 0 Å². The molecule has 2 heteroatoms. The van der Waals surface area contributed by atoms with Crippen LogP contribution in [0.1, 0.15) is 119 Å². The van der Waals surface area contributed by atoms with Crippen LogP contribution in [0, 0.1) is 0 Å². The lowest BCUT2D eigenvalue weighted by Crippen LogP contribution is -2.26. The van der Waals surface area contributed by atoms with E-state index in [-0.39, 0.29) is 16.2 Å². The summed E-state index contributed by atoms with van der Waals surface area (Å²) in [6.45, 7) is 11.9. The summed E-state index contributed by atoms with van der Waals surface area (Å²) < 4.78 is 4.95. The molecule has 1 atom stereocenters. The van der Waals surface area contributed by atoms with Crippen molar-refractivity contribution in [2.24, 2.45) is 0 Å². The van der Waals surface area contributed by atoms with E-state index < -0.39 is 5.41 Å². The average Bonchev–Trinajstić information content (AvgIpc) is 1.51. The molecule has 15 aromatic carbocycles. The first-order valence-electron chi connectivity index (χ1n) is 37.7. The molecule has 0 unspecified atom stereocenters. The highest BCUT2D eigenvalue weighted by Crippen LogP contribution is 2.64. The van der Waals surface area contributed by atoms with E-state index in [9.17, 15) is 0 Å². The maximum absolute atomic E-state index is 2.52. The quantitative estimate of drug-likeness (QED) is 0.134. The molecule has 0 fully saturated rings. The Labute approximate surface area is 618 Å². The van der Waals surface area contributed by atoms with Crippen molar-refractivity contribution in [3.8, 4) is 67.0 Å². The molecule has 0 N–H and O–H groups in total. The van der Waals surface area contributed by atoms with Gasteiger partial charge in [-0.15, -0.1) is 0 Å². The van der Waals surface area contributed by atoms with Gasteiger partial charge in [-0.1, -0.05) is 308 Å². The van der Waals surface area contributed by atoms with Crippen LogP contribution >= 0.6 is 0 Å². The van der Waals surface area contributed by atoms with E-state index in [4.69, 9.17) is 0 Å². The Balaban J connectivity index is 0.591. The number of fused-ring (bicyclic) bond motifs is 24.